The molecule has 0 aromatic carbocycles. The summed E-state index contributed by atoms with van der Waals surface area (Å²) in [5, 5.41) is 7.78. The van der Waals surface area contributed by atoms with Crippen molar-refractivity contribution in [3.8, 4) is 0 Å². The molecule has 2 heterocycles. The average Bonchev–Trinajstić information content (AvgIpc) is 2.74. The molecule has 1 amide bonds. The van der Waals surface area contributed by atoms with E-state index in [0.29, 0.717) is 18.7 Å². The van der Waals surface area contributed by atoms with Crippen LogP contribution in [-0.2, 0) is 17.8 Å². The predicted octanol–water partition coefficient (Wildman–Crippen LogP) is -0.0431. The third kappa shape index (κ3) is 3.30. The van der Waals surface area contributed by atoms with E-state index in [0.717, 1.165) is 5.56 Å². The zero-order chi connectivity index (χ0) is 12.1. The van der Waals surface area contributed by atoms with Gasteiger partial charge in [-0.25, -0.2) is 0 Å². The number of amides is 1. The first-order chi connectivity index (χ1) is 8.24. The minimum Gasteiger partial charge on any atom is -0.350 e. The highest BCUT2D eigenvalue weighted by molar-refractivity contribution is 5.78. The lowest BCUT2D eigenvalue weighted by Crippen LogP contribution is -2.24. The molecule has 0 atom stereocenters. The van der Waals surface area contributed by atoms with Crippen molar-refractivity contribution in [1.29, 1.82) is 0 Å². The van der Waals surface area contributed by atoms with Crippen LogP contribution in [0.25, 0.3) is 0 Å². The van der Waals surface area contributed by atoms with E-state index in [1.165, 1.54) is 6.07 Å². The first-order valence-electron chi connectivity index (χ1n) is 5.16. The van der Waals surface area contributed by atoms with Crippen molar-refractivity contribution in [1.82, 2.24) is 20.5 Å². The highest BCUT2D eigenvalue weighted by Crippen LogP contribution is 1.97. The molecule has 0 radical (unpaired) electrons. The summed E-state index contributed by atoms with van der Waals surface area (Å²) < 4.78 is 0. The lowest BCUT2D eigenvalue weighted by molar-refractivity contribution is -0.120. The Balaban J connectivity index is 1.84. The molecule has 0 bridgehead atoms. The molecular formula is C11H12N4O2. The largest absolute Gasteiger partial charge is 0.350 e. The van der Waals surface area contributed by atoms with E-state index in [1.807, 2.05) is 0 Å². The number of hydrogen-bond donors (Lipinski definition) is 3. The van der Waals surface area contributed by atoms with Crippen molar-refractivity contribution in [2.24, 2.45) is 0 Å². The molecule has 0 unspecified atom stereocenters. The average molecular weight is 232 g/mol. The van der Waals surface area contributed by atoms with Crippen molar-refractivity contribution in [2.45, 2.75) is 13.0 Å². The van der Waals surface area contributed by atoms with Gasteiger partial charge >= 0.3 is 0 Å². The number of nitrogens with zero attached hydrogens (tertiary/aromatic N) is 1. The smallest absolute Gasteiger partial charge is 0.264 e. The van der Waals surface area contributed by atoms with E-state index >= 15 is 0 Å². The van der Waals surface area contributed by atoms with Crippen LogP contribution in [0.5, 0.6) is 0 Å². The van der Waals surface area contributed by atoms with Gasteiger partial charge in [0.1, 0.15) is 0 Å². The number of carbonyl (C=O) groups is 1. The highest BCUT2D eigenvalue weighted by Gasteiger charge is 2.03. The normalized spacial score (nSPS) is 10.1. The maximum atomic E-state index is 11.6. The van der Waals surface area contributed by atoms with Gasteiger partial charge in [0.2, 0.25) is 5.91 Å². The van der Waals surface area contributed by atoms with Crippen molar-refractivity contribution in [3.63, 3.8) is 0 Å². The Bertz CT molecular complexity index is 544. The second-order valence-corrected chi connectivity index (χ2v) is 3.59. The summed E-state index contributed by atoms with van der Waals surface area (Å²) in [4.78, 5) is 26.3. The van der Waals surface area contributed by atoms with Crippen molar-refractivity contribution in [2.75, 3.05) is 0 Å². The van der Waals surface area contributed by atoms with E-state index < -0.39 is 0 Å². The summed E-state index contributed by atoms with van der Waals surface area (Å²) >= 11 is 0. The van der Waals surface area contributed by atoms with Crippen LogP contribution in [-0.4, -0.2) is 21.1 Å². The number of carbonyl (C=O) groups excluding carboxylic acids is 1. The Morgan fingerprint density at radius 2 is 2.06 bits per heavy atom. The number of aromatic nitrogens is 3. The van der Waals surface area contributed by atoms with Crippen LogP contribution in [0.2, 0.25) is 0 Å². The SMILES string of the molecule is O=C(Cc1ccncc1)NCc1cc(=O)[nH][nH]1. The van der Waals surface area contributed by atoms with Gasteiger partial charge in [-0.3, -0.25) is 19.7 Å². The molecule has 2 rings (SSSR count). The molecule has 88 valence electrons. The number of nitrogens with one attached hydrogen (secondary N) is 3. The molecule has 17 heavy (non-hydrogen) atoms. The predicted molar refractivity (Wildman–Crippen MR) is 61.2 cm³/mol. The van der Waals surface area contributed by atoms with Crippen molar-refractivity contribution in [3.05, 3.63) is 52.2 Å². The number of H-pyrrole nitrogens is 2. The number of pyridine rings is 1. The van der Waals surface area contributed by atoms with E-state index in [1.54, 1.807) is 24.5 Å². The minimum absolute atomic E-state index is 0.0988. The number of rotatable bonds is 4. The Kier molecular flexibility index (Phi) is 3.34. The molecule has 2 aromatic rings. The van der Waals surface area contributed by atoms with Gasteiger partial charge < -0.3 is 10.4 Å². The maximum absolute atomic E-state index is 11.6. The van der Waals surface area contributed by atoms with Gasteiger partial charge in [-0.05, 0) is 17.7 Å². The fourth-order valence-electron chi connectivity index (χ4n) is 1.41. The van der Waals surface area contributed by atoms with Crippen LogP contribution < -0.4 is 10.9 Å². The van der Waals surface area contributed by atoms with Gasteiger partial charge in [-0.1, -0.05) is 0 Å². The van der Waals surface area contributed by atoms with Crippen LogP contribution in [0.15, 0.2) is 35.4 Å². The Labute approximate surface area is 97.1 Å². The van der Waals surface area contributed by atoms with Crippen LogP contribution >= 0.6 is 0 Å². The molecule has 0 saturated carbocycles. The number of aromatic amines is 2. The quantitative estimate of drug-likeness (QED) is 0.690. The van der Waals surface area contributed by atoms with Gasteiger partial charge in [-0.2, -0.15) is 0 Å². The Hall–Kier alpha value is -2.37. The fourth-order valence-corrected chi connectivity index (χ4v) is 1.41. The minimum atomic E-state index is -0.205. The first-order valence-corrected chi connectivity index (χ1v) is 5.16. The monoisotopic (exact) mass is 232 g/mol. The molecule has 0 aliphatic carbocycles. The molecule has 6 heteroatoms. The topological polar surface area (TPSA) is 90.6 Å². The maximum Gasteiger partial charge on any atom is 0.264 e. The highest BCUT2D eigenvalue weighted by atomic mass is 16.1. The summed E-state index contributed by atoms with van der Waals surface area (Å²) in [5.41, 5.74) is 1.35. The summed E-state index contributed by atoms with van der Waals surface area (Å²) in [6.07, 6.45) is 3.59. The lowest BCUT2D eigenvalue weighted by atomic mass is 10.2. The summed E-state index contributed by atoms with van der Waals surface area (Å²) in [5.74, 6) is -0.0988. The van der Waals surface area contributed by atoms with Gasteiger partial charge in [0.05, 0.1) is 18.7 Å². The van der Waals surface area contributed by atoms with Gasteiger partial charge in [0, 0.05) is 18.5 Å². The molecule has 6 nitrogen and oxygen atoms in total. The lowest BCUT2D eigenvalue weighted by Gasteiger charge is -2.03. The van der Waals surface area contributed by atoms with Crippen LogP contribution in [0.4, 0.5) is 0 Å². The molecule has 0 saturated heterocycles. The van der Waals surface area contributed by atoms with Crippen molar-refractivity contribution < 1.29 is 4.79 Å². The van der Waals surface area contributed by atoms with Crippen LogP contribution in [0.1, 0.15) is 11.3 Å². The van der Waals surface area contributed by atoms with E-state index in [-0.39, 0.29) is 11.5 Å². The zero-order valence-electron chi connectivity index (χ0n) is 9.06. The molecule has 3 N–H and O–H groups in total. The third-order valence-corrected chi connectivity index (χ3v) is 2.24. The zero-order valence-corrected chi connectivity index (χ0v) is 9.06. The molecule has 0 aliphatic heterocycles. The second-order valence-electron chi connectivity index (χ2n) is 3.59. The fraction of sp³-hybridized carbons (Fsp3) is 0.182. The van der Waals surface area contributed by atoms with Crippen molar-refractivity contribution >= 4 is 5.91 Å². The molecular weight excluding hydrogens is 220 g/mol. The van der Waals surface area contributed by atoms with E-state index in [2.05, 4.69) is 20.5 Å². The molecule has 2 aromatic heterocycles. The Morgan fingerprint density at radius 1 is 1.29 bits per heavy atom. The van der Waals surface area contributed by atoms with Gasteiger partial charge in [0.25, 0.3) is 5.56 Å². The Morgan fingerprint density at radius 3 is 2.71 bits per heavy atom. The van der Waals surface area contributed by atoms with Gasteiger partial charge in [-0.15, -0.1) is 0 Å². The van der Waals surface area contributed by atoms with E-state index in [9.17, 15) is 9.59 Å². The van der Waals surface area contributed by atoms with Crippen LogP contribution in [0, 0.1) is 0 Å². The summed E-state index contributed by atoms with van der Waals surface area (Å²) in [6.45, 7) is 0.308. The third-order valence-electron chi connectivity index (χ3n) is 2.24. The molecule has 0 aliphatic rings. The molecule has 0 fully saturated rings. The summed E-state index contributed by atoms with van der Waals surface area (Å²) in [7, 11) is 0. The van der Waals surface area contributed by atoms with Crippen LogP contribution in [0.3, 0.4) is 0 Å². The number of hydrogen-bond acceptors (Lipinski definition) is 3. The summed E-state index contributed by atoms with van der Waals surface area (Å²) in [6, 6.07) is 4.99. The van der Waals surface area contributed by atoms with E-state index in [4.69, 9.17) is 0 Å². The molecule has 0 spiro atoms. The standard InChI is InChI=1S/C11H12N4O2/c16-10(5-8-1-3-12-4-2-8)13-7-9-6-11(17)15-14-9/h1-4,6H,5,7H2,(H,13,16)(H2,14,15,17). The first kappa shape index (κ1) is 11.1. The second kappa shape index (κ2) is 5.11. The van der Waals surface area contributed by atoms with Gasteiger partial charge in [0.15, 0.2) is 0 Å².